The summed E-state index contributed by atoms with van der Waals surface area (Å²) in [5.74, 6) is 3.33. The Kier molecular flexibility index (Phi) is 3.37. The van der Waals surface area contributed by atoms with Crippen LogP contribution in [0.3, 0.4) is 0 Å². The van der Waals surface area contributed by atoms with Crippen molar-refractivity contribution in [3.8, 4) is 11.5 Å². The fourth-order valence-electron chi connectivity index (χ4n) is 3.88. The second kappa shape index (κ2) is 5.37. The van der Waals surface area contributed by atoms with Gasteiger partial charge in [-0.1, -0.05) is 6.42 Å². The Morgan fingerprint density at radius 2 is 1.95 bits per heavy atom. The highest BCUT2D eigenvalue weighted by Crippen LogP contribution is 2.44. The zero-order valence-corrected chi connectivity index (χ0v) is 12.7. The molecule has 2 aliphatic carbocycles. The van der Waals surface area contributed by atoms with E-state index < -0.39 is 0 Å². The lowest BCUT2D eigenvalue weighted by atomic mass is 9.96. The predicted octanol–water partition coefficient (Wildman–Crippen LogP) is 2.93. The highest BCUT2D eigenvalue weighted by molar-refractivity contribution is 7.80. The average Bonchev–Trinajstić information content (AvgIpc) is 3.09. The van der Waals surface area contributed by atoms with Gasteiger partial charge in [0.25, 0.3) is 0 Å². The highest BCUT2D eigenvalue weighted by Gasteiger charge is 2.39. The quantitative estimate of drug-likeness (QED) is 0.822. The summed E-state index contributed by atoms with van der Waals surface area (Å²) >= 11 is 5.45. The van der Waals surface area contributed by atoms with Crippen LogP contribution in [0.2, 0.25) is 0 Å². The summed E-state index contributed by atoms with van der Waals surface area (Å²) < 4.78 is 11.1. The van der Waals surface area contributed by atoms with Crippen LogP contribution in [0.25, 0.3) is 0 Å². The van der Waals surface area contributed by atoms with Gasteiger partial charge in [-0.2, -0.15) is 0 Å². The van der Waals surface area contributed by atoms with Gasteiger partial charge < -0.3 is 20.1 Å². The largest absolute Gasteiger partial charge is 0.486 e. The second-order valence-electron chi connectivity index (χ2n) is 6.24. The van der Waals surface area contributed by atoms with E-state index in [0.29, 0.717) is 24.4 Å². The van der Waals surface area contributed by atoms with Crippen LogP contribution in [0, 0.1) is 11.8 Å². The molecule has 1 aromatic rings. The van der Waals surface area contributed by atoms with Crippen molar-refractivity contribution in [1.29, 1.82) is 0 Å². The molecule has 112 valence electrons. The number of anilines is 1. The van der Waals surface area contributed by atoms with Crippen molar-refractivity contribution in [3.05, 3.63) is 18.2 Å². The predicted molar refractivity (Wildman–Crippen MR) is 86.0 cm³/mol. The number of hydrogen-bond acceptors (Lipinski definition) is 3. The molecule has 0 amide bonds. The number of ether oxygens (including phenoxy) is 2. The molecule has 3 aliphatic rings. The molecule has 1 aromatic carbocycles. The number of rotatable bonds is 2. The molecular formula is C16H20N2O2S. The summed E-state index contributed by atoms with van der Waals surface area (Å²) in [4.78, 5) is 0. The number of hydrogen-bond donors (Lipinski definition) is 2. The summed E-state index contributed by atoms with van der Waals surface area (Å²) in [6.07, 6.45) is 5.41. The van der Waals surface area contributed by atoms with Gasteiger partial charge in [0.05, 0.1) is 0 Å². The fraction of sp³-hybridized carbons (Fsp3) is 0.562. The molecule has 2 saturated carbocycles. The molecule has 0 radical (unpaired) electrons. The van der Waals surface area contributed by atoms with Crippen LogP contribution in [-0.4, -0.2) is 24.4 Å². The lowest BCUT2D eigenvalue weighted by molar-refractivity contribution is 0.171. The van der Waals surface area contributed by atoms with Gasteiger partial charge in [-0.25, -0.2) is 0 Å². The Labute approximate surface area is 130 Å². The molecule has 1 aliphatic heterocycles. The van der Waals surface area contributed by atoms with Gasteiger partial charge in [-0.3, -0.25) is 0 Å². The van der Waals surface area contributed by atoms with Gasteiger partial charge in [0, 0.05) is 17.8 Å². The Bertz CT molecular complexity index is 563. The van der Waals surface area contributed by atoms with Crippen molar-refractivity contribution in [2.45, 2.75) is 31.7 Å². The van der Waals surface area contributed by atoms with Crippen LogP contribution in [0.1, 0.15) is 25.7 Å². The maximum atomic E-state index is 5.59. The molecule has 4 rings (SSSR count). The maximum Gasteiger partial charge on any atom is 0.171 e. The topological polar surface area (TPSA) is 42.5 Å². The second-order valence-corrected chi connectivity index (χ2v) is 6.65. The third kappa shape index (κ3) is 2.67. The monoisotopic (exact) mass is 304 g/mol. The first-order chi connectivity index (χ1) is 10.3. The molecule has 0 unspecified atom stereocenters. The minimum atomic E-state index is 0.556. The Hall–Kier alpha value is -1.49. The molecule has 2 N–H and O–H groups in total. The molecule has 3 atom stereocenters. The third-order valence-electron chi connectivity index (χ3n) is 4.85. The summed E-state index contributed by atoms with van der Waals surface area (Å²) in [5.41, 5.74) is 0.944. The first kappa shape index (κ1) is 13.2. The van der Waals surface area contributed by atoms with Gasteiger partial charge in [0.2, 0.25) is 0 Å². The van der Waals surface area contributed by atoms with Crippen LogP contribution in [0.5, 0.6) is 11.5 Å². The van der Waals surface area contributed by atoms with Crippen molar-refractivity contribution in [2.24, 2.45) is 11.8 Å². The molecular weight excluding hydrogens is 284 g/mol. The van der Waals surface area contributed by atoms with E-state index in [-0.39, 0.29) is 0 Å². The summed E-state index contributed by atoms with van der Waals surface area (Å²) in [7, 11) is 0. The molecule has 1 heterocycles. The molecule has 0 aromatic heterocycles. The fourth-order valence-corrected chi connectivity index (χ4v) is 4.15. The van der Waals surface area contributed by atoms with Crippen molar-refractivity contribution in [3.63, 3.8) is 0 Å². The molecule has 2 bridgehead atoms. The minimum Gasteiger partial charge on any atom is -0.486 e. The molecule has 2 fully saturated rings. The normalized spacial score (nSPS) is 29.2. The highest BCUT2D eigenvalue weighted by atomic mass is 32.1. The van der Waals surface area contributed by atoms with Crippen LogP contribution < -0.4 is 20.1 Å². The van der Waals surface area contributed by atoms with E-state index in [0.717, 1.165) is 29.0 Å². The Morgan fingerprint density at radius 1 is 1.10 bits per heavy atom. The van der Waals surface area contributed by atoms with E-state index >= 15 is 0 Å². The van der Waals surface area contributed by atoms with Gasteiger partial charge in [-0.05, 0) is 55.4 Å². The third-order valence-corrected chi connectivity index (χ3v) is 5.07. The standard InChI is InChI=1S/C16H20N2O2S/c21-16(18-13-8-10-1-2-11(13)7-10)17-12-3-4-14-15(9-12)20-6-5-19-14/h3-4,9-11,13H,1-2,5-8H2,(H2,17,18,21)/t10-,11+,13-/m0/s1. The van der Waals surface area contributed by atoms with Gasteiger partial charge in [0.15, 0.2) is 16.6 Å². The number of benzene rings is 1. The SMILES string of the molecule is S=C(Nc1ccc2c(c1)OCCO2)N[C@H]1C[C@H]2CC[C@@H]1C2. The van der Waals surface area contributed by atoms with Crippen LogP contribution in [0.15, 0.2) is 18.2 Å². The lowest BCUT2D eigenvalue weighted by Crippen LogP contribution is -2.40. The van der Waals surface area contributed by atoms with Crippen LogP contribution in [0.4, 0.5) is 5.69 Å². The smallest absolute Gasteiger partial charge is 0.171 e. The van der Waals surface area contributed by atoms with Crippen molar-refractivity contribution >= 4 is 23.0 Å². The van der Waals surface area contributed by atoms with Gasteiger partial charge in [0.1, 0.15) is 13.2 Å². The van der Waals surface area contributed by atoms with E-state index in [2.05, 4.69) is 10.6 Å². The molecule has 5 heteroatoms. The average molecular weight is 304 g/mol. The van der Waals surface area contributed by atoms with E-state index in [1.165, 1.54) is 25.7 Å². The maximum absolute atomic E-state index is 5.59. The molecule has 0 spiro atoms. The molecule has 4 nitrogen and oxygen atoms in total. The number of thiocarbonyl (C=S) groups is 1. The van der Waals surface area contributed by atoms with Crippen LogP contribution in [-0.2, 0) is 0 Å². The zero-order chi connectivity index (χ0) is 14.2. The number of fused-ring (bicyclic) bond motifs is 3. The Morgan fingerprint density at radius 3 is 2.71 bits per heavy atom. The lowest BCUT2D eigenvalue weighted by Gasteiger charge is -2.25. The first-order valence-electron chi connectivity index (χ1n) is 7.75. The van der Waals surface area contributed by atoms with Crippen LogP contribution >= 0.6 is 12.2 Å². The van der Waals surface area contributed by atoms with Gasteiger partial charge in [-0.15, -0.1) is 0 Å². The molecule has 0 saturated heterocycles. The van der Waals surface area contributed by atoms with Gasteiger partial charge >= 0.3 is 0 Å². The Balaban J connectivity index is 1.38. The van der Waals surface area contributed by atoms with Crippen molar-refractivity contribution in [2.75, 3.05) is 18.5 Å². The summed E-state index contributed by atoms with van der Waals surface area (Å²) in [6, 6.07) is 6.41. The summed E-state index contributed by atoms with van der Waals surface area (Å²) in [6.45, 7) is 1.22. The molecule has 21 heavy (non-hydrogen) atoms. The first-order valence-corrected chi connectivity index (χ1v) is 8.16. The van der Waals surface area contributed by atoms with E-state index in [1.54, 1.807) is 0 Å². The number of nitrogens with one attached hydrogen (secondary N) is 2. The zero-order valence-electron chi connectivity index (χ0n) is 11.9. The van der Waals surface area contributed by atoms with Crippen molar-refractivity contribution in [1.82, 2.24) is 5.32 Å². The summed E-state index contributed by atoms with van der Waals surface area (Å²) in [5, 5.41) is 7.46. The van der Waals surface area contributed by atoms with Crippen molar-refractivity contribution < 1.29 is 9.47 Å². The van der Waals surface area contributed by atoms with E-state index in [1.807, 2.05) is 18.2 Å². The van der Waals surface area contributed by atoms with E-state index in [4.69, 9.17) is 21.7 Å². The van der Waals surface area contributed by atoms with E-state index in [9.17, 15) is 0 Å². The minimum absolute atomic E-state index is 0.556.